The Bertz CT molecular complexity index is 691. The molecule has 1 aromatic heterocycles. The molecule has 1 N–H and O–H groups in total. The summed E-state index contributed by atoms with van der Waals surface area (Å²) in [6, 6.07) is 9.04. The molecule has 2 aromatic rings. The number of rotatable bonds is 2. The van der Waals surface area contributed by atoms with Crippen molar-refractivity contribution in [3.05, 3.63) is 52.0 Å². The fraction of sp³-hybridized carbons (Fsp3) is 0.353. The van der Waals surface area contributed by atoms with E-state index in [0.29, 0.717) is 6.04 Å². The highest BCUT2D eigenvalue weighted by Gasteiger charge is 2.40. The predicted molar refractivity (Wildman–Crippen MR) is 92.8 cm³/mol. The van der Waals surface area contributed by atoms with Gasteiger partial charge in [-0.25, -0.2) is 4.39 Å². The molecule has 0 radical (unpaired) electrons. The summed E-state index contributed by atoms with van der Waals surface area (Å²) in [5.41, 5.74) is 2.30. The molecule has 114 valence electrons. The van der Waals surface area contributed by atoms with Gasteiger partial charge in [-0.05, 0) is 78.7 Å². The molecule has 1 aliphatic carbocycles. The van der Waals surface area contributed by atoms with Crippen LogP contribution in [-0.2, 0) is 6.42 Å². The maximum Gasteiger partial charge on any atom is 0.173 e. The molecule has 2 aliphatic rings. The Balaban J connectivity index is 1.56. The summed E-state index contributed by atoms with van der Waals surface area (Å²) in [6.07, 6.45) is 3.63. The lowest BCUT2D eigenvalue weighted by atomic mass is 9.96. The van der Waals surface area contributed by atoms with Gasteiger partial charge in [-0.2, -0.15) is 0 Å². The van der Waals surface area contributed by atoms with Crippen molar-refractivity contribution in [2.75, 3.05) is 11.9 Å². The minimum atomic E-state index is -0.229. The van der Waals surface area contributed by atoms with Crippen LogP contribution in [0.4, 0.5) is 10.1 Å². The molecule has 22 heavy (non-hydrogen) atoms. The molecule has 0 unspecified atom stereocenters. The minimum Gasteiger partial charge on any atom is -0.341 e. The van der Waals surface area contributed by atoms with Crippen molar-refractivity contribution in [1.29, 1.82) is 0 Å². The van der Waals surface area contributed by atoms with Crippen LogP contribution in [0.2, 0.25) is 0 Å². The normalized spacial score (nSPS) is 20.6. The van der Waals surface area contributed by atoms with Gasteiger partial charge in [-0.3, -0.25) is 0 Å². The monoisotopic (exact) mass is 332 g/mol. The highest BCUT2D eigenvalue weighted by molar-refractivity contribution is 7.80. The lowest BCUT2D eigenvalue weighted by molar-refractivity contribution is 0.276. The Morgan fingerprint density at radius 1 is 1.23 bits per heavy atom. The molecule has 0 bridgehead atoms. The third kappa shape index (κ3) is 2.63. The SMILES string of the molecule is Fc1ccc(NC(=S)N2CCc3sccc3[C@@H]2C2CC2)cc1. The Morgan fingerprint density at radius 3 is 2.73 bits per heavy atom. The van der Waals surface area contributed by atoms with E-state index in [1.165, 1.54) is 35.4 Å². The lowest BCUT2D eigenvalue weighted by Gasteiger charge is -2.38. The van der Waals surface area contributed by atoms with Crippen molar-refractivity contribution < 1.29 is 4.39 Å². The third-order valence-electron chi connectivity index (χ3n) is 4.44. The molecule has 1 fully saturated rings. The Labute approximate surface area is 139 Å². The van der Waals surface area contributed by atoms with Crippen LogP contribution in [0.5, 0.6) is 0 Å². The molecule has 1 atom stereocenters. The first kappa shape index (κ1) is 14.2. The molecule has 0 spiro atoms. The largest absolute Gasteiger partial charge is 0.341 e. The van der Waals surface area contributed by atoms with Crippen LogP contribution >= 0.6 is 23.6 Å². The summed E-state index contributed by atoms with van der Waals surface area (Å²) in [4.78, 5) is 3.84. The maximum absolute atomic E-state index is 13.0. The first-order valence-electron chi connectivity index (χ1n) is 7.62. The summed E-state index contributed by atoms with van der Waals surface area (Å²) >= 11 is 7.50. The van der Waals surface area contributed by atoms with E-state index >= 15 is 0 Å². The lowest BCUT2D eigenvalue weighted by Crippen LogP contribution is -2.42. The summed E-state index contributed by atoms with van der Waals surface area (Å²) in [5, 5.41) is 6.21. The molecule has 4 rings (SSSR count). The van der Waals surface area contributed by atoms with E-state index < -0.39 is 0 Å². The van der Waals surface area contributed by atoms with Crippen LogP contribution in [0.25, 0.3) is 0 Å². The van der Waals surface area contributed by atoms with Gasteiger partial charge in [-0.15, -0.1) is 11.3 Å². The maximum atomic E-state index is 13.0. The second-order valence-corrected chi connectivity index (χ2v) is 7.35. The van der Waals surface area contributed by atoms with Gasteiger partial charge in [-0.1, -0.05) is 0 Å². The van der Waals surface area contributed by atoms with E-state index in [9.17, 15) is 4.39 Å². The zero-order valence-corrected chi connectivity index (χ0v) is 13.7. The van der Waals surface area contributed by atoms with Gasteiger partial charge >= 0.3 is 0 Å². The van der Waals surface area contributed by atoms with Crippen molar-refractivity contribution in [1.82, 2.24) is 4.90 Å². The predicted octanol–water partition coefficient (Wildman–Crippen LogP) is 4.59. The molecule has 1 saturated carbocycles. The fourth-order valence-corrected chi connectivity index (χ4v) is 4.46. The minimum absolute atomic E-state index is 0.229. The number of thiophene rings is 1. The number of fused-ring (bicyclic) bond motifs is 1. The molecule has 1 aromatic carbocycles. The molecular formula is C17H17FN2S2. The van der Waals surface area contributed by atoms with Gasteiger partial charge in [0.2, 0.25) is 0 Å². The fourth-order valence-electron chi connectivity index (χ4n) is 3.22. The van der Waals surface area contributed by atoms with Gasteiger partial charge in [0.05, 0.1) is 6.04 Å². The van der Waals surface area contributed by atoms with E-state index in [1.54, 1.807) is 12.1 Å². The summed E-state index contributed by atoms with van der Waals surface area (Å²) in [6.45, 7) is 0.960. The highest BCUT2D eigenvalue weighted by atomic mass is 32.1. The average molecular weight is 332 g/mol. The van der Waals surface area contributed by atoms with Gasteiger partial charge in [0.1, 0.15) is 5.82 Å². The van der Waals surface area contributed by atoms with Crippen molar-refractivity contribution in [3.63, 3.8) is 0 Å². The summed E-state index contributed by atoms with van der Waals surface area (Å²) in [5.74, 6) is 0.495. The molecular weight excluding hydrogens is 315 g/mol. The summed E-state index contributed by atoms with van der Waals surface area (Å²) in [7, 11) is 0. The molecule has 0 amide bonds. The first-order chi connectivity index (χ1) is 10.7. The Morgan fingerprint density at radius 2 is 2.00 bits per heavy atom. The van der Waals surface area contributed by atoms with Crippen LogP contribution in [0.3, 0.4) is 0 Å². The topological polar surface area (TPSA) is 15.3 Å². The number of nitrogens with one attached hydrogen (secondary N) is 1. The van der Waals surface area contributed by atoms with Crippen LogP contribution in [0.15, 0.2) is 35.7 Å². The number of hydrogen-bond acceptors (Lipinski definition) is 2. The second kappa shape index (κ2) is 5.63. The van der Waals surface area contributed by atoms with Crippen LogP contribution in [0.1, 0.15) is 29.3 Å². The van der Waals surface area contributed by atoms with E-state index in [4.69, 9.17) is 12.2 Å². The first-order valence-corrected chi connectivity index (χ1v) is 8.90. The van der Waals surface area contributed by atoms with Crippen molar-refractivity contribution >= 4 is 34.4 Å². The van der Waals surface area contributed by atoms with Crippen molar-refractivity contribution in [2.45, 2.75) is 25.3 Å². The zero-order chi connectivity index (χ0) is 15.1. The molecule has 1 aliphatic heterocycles. The average Bonchev–Trinajstić information content (AvgIpc) is 3.25. The van der Waals surface area contributed by atoms with Crippen molar-refractivity contribution in [2.24, 2.45) is 5.92 Å². The van der Waals surface area contributed by atoms with Gasteiger partial charge in [0.15, 0.2) is 5.11 Å². The van der Waals surface area contributed by atoms with Crippen LogP contribution in [-0.4, -0.2) is 16.6 Å². The Hall–Kier alpha value is -1.46. The van der Waals surface area contributed by atoms with Gasteiger partial charge in [0.25, 0.3) is 0 Å². The van der Waals surface area contributed by atoms with E-state index in [2.05, 4.69) is 21.7 Å². The number of anilines is 1. The van der Waals surface area contributed by atoms with Crippen molar-refractivity contribution in [3.8, 4) is 0 Å². The molecule has 5 heteroatoms. The van der Waals surface area contributed by atoms with Crippen LogP contribution in [0, 0.1) is 11.7 Å². The number of halogens is 1. The quantitative estimate of drug-likeness (QED) is 0.810. The molecule has 2 heterocycles. The zero-order valence-electron chi connectivity index (χ0n) is 12.1. The number of benzene rings is 1. The standard InChI is InChI=1S/C17H17FN2S2/c18-12-3-5-13(6-4-12)19-17(21)20-9-7-15-14(8-10-22-15)16(20)11-1-2-11/h3-6,8,10-11,16H,1-2,7,9H2,(H,19,21)/t16-/m0/s1. The smallest absolute Gasteiger partial charge is 0.173 e. The third-order valence-corrected chi connectivity index (χ3v) is 5.77. The van der Waals surface area contributed by atoms with E-state index in [1.807, 2.05) is 11.3 Å². The number of thiocarbonyl (C=S) groups is 1. The highest BCUT2D eigenvalue weighted by Crippen LogP contribution is 2.48. The van der Waals surface area contributed by atoms with Gasteiger partial charge < -0.3 is 10.2 Å². The molecule has 0 saturated heterocycles. The molecule has 2 nitrogen and oxygen atoms in total. The Kier molecular flexibility index (Phi) is 3.62. The van der Waals surface area contributed by atoms with E-state index in [0.717, 1.165) is 29.7 Å². The number of nitrogens with zero attached hydrogens (tertiary/aromatic N) is 1. The summed E-state index contributed by atoms with van der Waals surface area (Å²) < 4.78 is 13.0. The number of hydrogen-bond donors (Lipinski definition) is 1. The van der Waals surface area contributed by atoms with Crippen LogP contribution < -0.4 is 5.32 Å². The second-order valence-electron chi connectivity index (χ2n) is 5.96. The van der Waals surface area contributed by atoms with E-state index in [-0.39, 0.29) is 5.82 Å². The van der Waals surface area contributed by atoms with Gasteiger partial charge in [0, 0.05) is 17.1 Å².